The lowest BCUT2D eigenvalue weighted by Gasteiger charge is -2.17. The molecule has 0 amide bonds. The zero-order valence-electron chi connectivity index (χ0n) is 14.5. The lowest BCUT2D eigenvalue weighted by Crippen LogP contribution is -2.29. The van der Waals surface area contributed by atoms with Gasteiger partial charge in [-0.15, -0.1) is 10.2 Å². The molecular weight excluding hydrogens is 326 g/mol. The zero-order valence-corrected chi connectivity index (χ0v) is 15.3. The van der Waals surface area contributed by atoms with Gasteiger partial charge in [-0.3, -0.25) is 4.72 Å². The van der Waals surface area contributed by atoms with Gasteiger partial charge in [0.15, 0.2) is 11.6 Å². The number of rotatable bonds is 6. The van der Waals surface area contributed by atoms with Crippen molar-refractivity contribution < 1.29 is 8.42 Å². The van der Waals surface area contributed by atoms with Gasteiger partial charge < -0.3 is 5.32 Å². The van der Waals surface area contributed by atoms with E-state index in [0.29, 0.717) is 11.7 Å². The molecule has 7 nitrogen and oxygen atoms in total. The summed E-state index contributed by atoms with van der Waals surface area (Å²) in [5, 5.41) is 11.2. The second-order valence-corrected chi connectivity index (χ2v) is 7.90. The summed E-state index contributed by atoms with van der Waals surface area (Å²) in [5.74, 6) is 1.09. The zero-order chi connectivity index (χ0) is 17.9. The lowest BCUT2D eigenvalue weighted by atomic mass is 9.98. The summed E-state index contributed by atoms with van der Waals surface area (Å²) in [5.41, 5.74) is 3.30. The third kappa shape index (κ3) is 4.21. The molecule has 0 aliphatic heterocycles. The molecule has 0 radical (unpaired) electrons. The van der Waals surface area contributed by atoms with Crippen molar-refractivity contribution in [2.45, 2.75) is 26.7 Å². The van der Waals surface area contributed by atoms with Crippen molar-refractivity contribution in [1.29, 1.82) is 0 Å². The summed E-state index contributed by atoms with van der Waals surface area (Å²) in [7, 11) is -0.704. The van der Waals surface area contributed by atoms with Crippen LogP contribution in [0.2, 0.25) is 0 Å². The minimum Gasteiger partial charge on any atom is -0.338 e. The van der Waals surface area contributed by atoms with E-state index >= 15 is 0 Å². The lowest BCUT2D eigenvalue weighted by molar-refractivity contribution is 0.526. The van der Waals surface area contributed by atoms with Crippen molar-refractivity contribution in [2.24, 2.45) is 0 Å². The Labute approximate surface area is 143 Å². The molecule has 0 saturated carbocycles. The van der Waals surface area contributed by atoms with E-state index in [9.17, 15) is 8.42 Å². The van der Waals surface area contributed by atoms with Crippen LogP contribution in [0.25, 0.3) is 0 Å². The van der Waals surface area contributed by atoms with Gasteiger partial charge in [-0.25, -0.2) is 0 Å². The molecule has 1 aromatic heterocycles. The van der Waals surface area contributed by atoms with Gasteiger partial charge in [0.2, 0.25) is 0 Å². The highest BCUT2D eigenvalue weighted by atomic mass is 32.2. The topological polar surface area (TPSA) is 87.2 Å². The van der Waals surface area contributed by atoms with Crippen LogP contribution in [0, 0.1) is 6.92 Å². The molecule has 1 aromatic carbocycles. The maximum atomic E-state index is 11.8. The van der Waals surface area contributed by atoms with Crippen molar-refractivity contribution in [3.8, 4) is 0 Å². The second-order valence-electron chi connectivity index (χ2n) is 6.01. The predicted octanol–water partition coefficient (Wildman–Crippen LogP) is 2.87. The second kappa shape index (κ2) is 7.14. The molecule has 0 atom stereocenters. The van der Waals surface area contributed by atoms with Crippen LogP contribution in [-0.4, -0.2) is 37.0 Å². The molecule has 1 heterocycles. The van der Waals surface area contributed by atoms with E-state index in [4.69, 9.17) is 0 Å². The highest BCUT2D eigenvalue weighted by Crippen LogP contribution is 2.29. The van der Waals surface area contributed by atoms with E-state index in [0.717, 1.165) is 15.6 Å². The Balaban J connectivity index is 2.22. The number of para-hydroxylation sites is 1. The maximum absolute atomic E-state index is 11.8. The minimum atomic E-state index is -3.59. The van der Waals surface area contributed by atoms with Crippen molar-refractivity contribution in [3.63, 3.8) is 0 Å². The number of benzene rings is 1. The smallest absolute Gasteiger partial charge is 0.302 e. The van der Waals surface area contributed by atoms with E-state index in [1.807, 2.05) is 19.1 Å². The van der Waals surface area contributed by atoms with Gasteiger partial charge in [0.1, 0.15) is 0 Å². The molecule has 0 saturated heterocycles. The largest absolute Gasteiger partial charge is 0.338 e. The first-order chi connectivity index (χ1) is 11.2. The molecule has 130 valence electrons. The number of aryl methyl sites for hydroxylation is 1. The maximum Gasteiger partial charge on any atom is 0.302 e. The Morgan fingerprint density at radius 3 is 2.21 bits per heavy atom. The highest BCUT2D eigenvalue weighted by molar-refractivity contribution is 7.90. The summed E-state index contributed by atoms with van der Waals surface area (Å²) < 4.78 is 27.0. The number of nitrogens with one attached hydrogen (secondary N) is 2. The van der Waals surface area contributed by atoms with Crippen LogP contribution >= 0.6 is 0 Å². The highest BCUT2D eigenvalue weighted by Gasteiger charge is 2.14. The number of hydrogen-bond donors (Lipinski definition) is 2. The number of hydrogen-bond acceptors (Lipinski definition) is 5. The molecule has 0 aliphatic carbocycles. The van der Waals surface area contributed by atoms with Crippen LogP contribution in [0.3, 0.4) is 0 Å². The Kier molecular flexibility index (Phi) is 5.40. The van der Waals surface area contributed by atoms with Crippen LogP contribution in [0.5, 0.6) is 0 Å². The molecule has 24 heavy (non-hydrogen) atoms. The Morgan fingerprint density at radius 1 is 1.04 bits per heavy atom. The van der Waals surface area contributed by atoms with Gasteiger partial charge in [0, 0.05) is 19.8 Å². The van der Waals surface area contributed by atoms with Crippen LogP contribution in [0.1, 0.15) is 30.9 Å². The van der Waals surface area contributed by atoms with Crippen molar-refractivity contribution in [1.82, 2.24) is 14.5 Å². The Hall–Kier alpha value is -2.19. The predicted molar refractivity (Wildman–Crippen MR) is 96.8 cm³/mol. The normalized spacial score (nSPS) is 11.8. The third-order valence-electron chi connectivity index (χ3n) is 3.56. The first-order valence-electron chi connectivity index (χ1n) is 7.61. The quantitative estimate of drug-likeness (QED) is 0.837. The SMILES string of the molecule is Cc1cccc(C(C)C)c1Nc1ccc(NS(=O)(=O)N(C)C)nn1. The van der Waals surface area contributed by atoms with Gasteiger partial charge in [-0.2, -0.15) is 12.7 Å². The summed E-state index contributed by atoms with van der Waals surface area (Å²) in [6.45, 7) is 6.29. The summed E-state index contributed by atoms with van der Waals surface area (Å²) in [6.07, 6.45) is 0. The minimum absolute atomic E-state index is 0.170. The fourth-order valence-electron chi connectivity index (χ4n) is 2.15. The van der Waals surface area contributed by atoms with Gasteiger partial charge >= 0.3 is 10.2 Å². The van der Waals surface area contributed by atoms with Crippen LogP contribution in [-0.2, 0) is 10.2 Å². The van der Waals surface area contributed by atoms with Crippen LogP contribution in [0.4, 0.5) is 17.3 Å². The average Bonchev–Trinajstić information content (AvgIpc) is 2.50. The molecule has 0 bridgehead atoms. The van der Waals surface area contributed by atoms with Gasteiger partial charge in [-0.05, 0) is 36.1 Å². The number of nitrogens with zero attached hydrogens (tertiary/aromatic N) is 3. The van der Waals surface area contributed by atoms with E-state index < -0.39 is 10.2 Å². The van der Waals surface area contributed by atoms with E-state index in [1.165, 1.54) is 19.7 Å². The summed E-state index contributed by atoms with van der Waals surface area (Å²) >= 11 is 0. The molecule has 8 heteroatoms. The molecule has 0 spiro atoms. The van der Waals surface area contributed by atoms with Gasteiger partial charge in [0.25, 0.3) is 0 Å². The van der Waals surface area contributed by atoms with Crippen LogP contribution < -0.4 is 10.0 Å². The Bertz CT molecular complexity index is 802. The van der Waals surface area contributed by atoms with Gasteiger partial charge in [-0.1, -0.05) is 32.0 Å². The van der Waals surface area contributed by atoms with Gasteiger partial charge in [0.05, 0.1) is 0 Å². The van der Waals surface area contributed by atoms with Crippen molar-refractivity contribution >= 4 is 27.5 Å². The molecule has 0 aliphatic rings. The number of aromatic nitrogens is 2. The monoisotopic (exact) mass is 349 g/mol. The average molecular weight is 349 g/mol. The van der Waals surface area contributed by atoms with Crippen molar-refractivity contribution in [3.05, 3.63) is 41.5 Å². The summed E-state index contributed by atoms with van der Waals surface area (Å²) in [4.78, 5) is 0. The molecule has 2 rings (SSSR count). The third-order valence-corrected chi connectivity index (χ3v) is 4.99. The molecule has 0 unspecified atom stereocenters. The first kappa shape index (κ1) is 18.2. The number of anilines is 3. The fourth-order valence-corrected chi connectivity index (χ4v) is 2.70. The fraction of sp³-hybridized carbons (Fsp3) is 0.375. The molecule has 2 N–H and O–H groups in total. The molecular formula is C16H23N5O2S. The Morgan fingerprint density at radius 2 is 1.67 bits per heavy atom. The molecule has 2 aromatic rings. The van der Waals surface area contributed by atoms with E-state index in [2.05, 4.69) is 40.2 Å². The first-order valence-corrected chi connectivity index (χ1v) is 9.05. The summed E-state index contributed by atoms with van der Waals surface area (Å²) in [6, 6.07) is 9.40. The van der Waals surface area contributed by atoms with Crippen molar-refractivity contribution in [2.75, 3.05) is 24.1 Å². The van der Waals surface area contributed by atoms with Crippen LogP contribution in [0.15, 0.2) is 30.3 Å². The molecule has 0 fully saturated rings. The van der Waals surface area contributed by atoms with E-state index in [1.54, 1.807) is 12.1 Å². The standard InChI is InChI=1S/C16H23N5O2S/c1-11(2)13-8-6-7-12(3)16(13)17-14-9-10-15(19-18-14)20-24(22,23)21(4)5/h6-11H,1-5H3,(H,17,18)(H,19,20). The van der Waals surface area contributed by atoms with E-state index in [-0.39, 0.29) is 5.82 Å².